The summed E-state index contributed by atoms with van der Waals surface area (Å²) >= 11 is 0. The van der Waals surface area contributed by atoms with Gasteiger partial charge in [0.2, 0.25) is 0 Å². The highest BCUT2D eigenvalue weighted by atomic mass is 16.5. The summed E-state index contributed by atoms with van der Waals surface area (Å²) < 4.78 is 5.83. The molecule has 2 rings (SSSR count). The summed E-state index contributed by atoms with van der Waals surface area (Å²) in [5.41, 5.74) is 5.68. The average molecular weight is 270 g/mol. The van der Waals surface area contributed by atoms with Crippen LogP contribution < -0.4 is 5.73 Å². The van der Waals surface area contributed by atoms with Crippen molar-refractivity contribution in [3.63, 3.8) is 0 Å². The molecule has 0 radical (unpaired) electrons. The molecule has 1 saturated heterocycles. The molecule has 3 N–H and O–H groups in total. The molecule has 0 amide bonds. The van der Waals surface area contributed by atoms with Gasteiger partial charge >= 0.3 is 0 Å². The quantitative estimate of drug-likeness (QED) is 0.325. The number of nitrogens with zero attached hydrogens (tertiary/aromatic N) is 3. The van der Waals surface area contributed by atoms with Crippen molar-refractivity contribution in [3.05, 3.63) is 0 Å². The lowest BCUT2D eigenvalue weighted by Crippen LogP contribution is -2.50. The minimum absolute atomic E-state index is 0.228. The van der Waals surface area contributed by atoms with Gasteiger partial charge < -0.3 is 20.6 Å². The van der Waals surface area contributed by atoms with Crippen molar-refractivity contribution >= 4 is 5.84 Å². The highest BCUT2D eigenvalue weighted by molar-refractivity contribution is 5.81. The Balaban J connectivity index is 1.92. The second-order valence-electron chi connectivity index (χ2n) is 5.71. The summed E-state index contributed by atoms with van der Waals surface area (Å²) in [5, 5.41) is 11.9. The maximum atomic E-state index is 8.77. The van der Waals surface area contributed by atoms with E-state index in [2.05, 4.69) is 22.0 Å². The third-order valence-electron chi connectivity index (χ3n) is 4.11. The molecule has 1 unspecified atom stereocenters. The first-order chi connectivity index (χ1) is 9.19. The summed E-state index contributed by atoms with van der Waals surface area (Å²) in [6, 6.07) is 0.552. The van der Waals surface area contributed by atoms with Crippen molar-refractivity contribution in [2.24, 2.45) is 10.9 Å². The Morgan fingerprint density at radius 3 is 2.84 bits per heavy atom. The lowest BCUT2D eigenvalue weighted by molar-refractivity contribution is -0.0388. The Morgan fingerprint density at radius 1 is 1.47 bits per heavy atom. The van der Waals surface area contributed by atoms with Crippen LogP contribution in [0.25, 0.3) is 0 Å². The number of oxime groups is 1. The first-order valence-electron chi connectivity index (χ1n) is 7.19. The third-order valence-corrected chi connectivity index (χ3v) is 4.11. The van der Waals surface area contributed by atoms with Gasteiger partial charge in [-0.25, -0.2) is 0 Å². The van der Waals surface area contributed by atoms with Crippen LogP contribution in [-0.2, 0) is 4.74 Å². The van der Waals surface area contributed by atoms with E-state index in [9.17, 15) is 0 Å². The van der Waals surface area contributed by atoms with Crippen LogP contribution in [0.1, 0.15) is 25.7 Å². The molecule has 1 saturated carbocycles. The van der Waals surface area contributed by atoms with Crippen LogP contribution in [-0.4, -0.2) is 72.8 Å². The second-order valence-corrected chi connectivity index (χ2v) is 5.71. The van der Waals surface area contributed by atoms with Crippen LogP contribution in [0.4, 0.5) is 0 Å². The van der Waals surface area contributed by atoms with Crippen LogP contribution >= 0.6 is 0 Å². The molecule has 0 aromatic carbocycles. The summed E-state index contributed by atoms with van der Waals surface area (Å²) in [4.78, 5) is 4.62. The van der Waals surface area contributed by atoms with E-state index in [1.807, 2.05) is 0 Å². The summed E-state index contributed by atoms with van der Waals surface area (Å²) in [6.45, 7) is 4.15. The third kappa shape index (κ3) is 4.33. The number of morpholine rings is 1. The monoisotopic (exact) mass is 270 g/mol. The number of amidine groups is 1. The van der Waals surface area contributed by atoms with Gasteiger partial charge in [0.15, 0.2) is 5.84 Å². The topological polar surface area (TPSA) is 74.3 Å². The van der Waals surface area contributed by atoms with Crippen molar-refractivity contribution in [1.82, 2.24) is 9.80 Å². The van der Waals surface area contributed by atoms with Crippen LogP contribution in [0, 0.1) is 0 Å². The van der Waals surface area contributed by atoms with Gasteiger partial charge in [-0.15, -0.1) is 0 Å². The van der Waals surface area contributed by atoms with Gasteiger partial charge in [-0.1, -0.05) is 18.0 Å². The van der Waals surface area contributed by atoms with Gasteiger partial charge in [0.25, 0.3) is 0 Å². The predicted molar refractivity (Wildman–Crippen MR) is 74.5 cm³/mol. The SMILES string of the molecule is CN1CCOC(CN(CC(N)=NO)C2CCCC2)C1. The minimum atomic E-state index is 0.228. The second kappa shape index (κ2) is 7.07. The van der Waals surface area contributed by atoms with E-state index in [1.165, 1.54) is 25.7 Å². The van der Waals surface area contributed by atoms with Crippen molar-refractivity contribution in [1.29, 1.82) is 0 Å². The highest BCUT2D eigenvalue weighted by Crippen LogP contribution is 2.24. The van der Waals surface area contributed by atoms with Gasteiger partial charge in [-0.3, -0.25) is 4.90 Å². The van der Waals surface area contributed by atoms with Gasteiger partial charge in [-0.2, -0.15) is 0 Å². The zero-order chi connectivity index (χ0) is 13.7. The summed E-state index contributed by atoms with van der Waals surface area (Å²) in [5.74, 6) is 0.288. The first-order valence-corrected chi connectivity index (χ1v) is 7.19. The van der Waals surface area contributed by atoms with Crippen molar-refractivity contribution in [3.8, 4) is 0 Å². The molecule has 110 valence electrons. The number of likely N-dealkylation sites (N-methyl/N-ethyl adjacent to an activating group) is 1. The van der Waals surface area contributed by atoms with E-state index < -0.39 is 0 Å². The number of ether oxygens (including phenoxy) is 1. The van der Waals surface area contributed by atoms with Gasteiger partial charge in [0, 0.05) is 25.7 Å². The smallest absolute Gasteiger partial charge is 0.153 e. The van der Waals surface area contributed by atoms with E-state index in [1.54, 1.807) is 0 Å². The molecule has 0 aromatic heterocycles. The van der Waals surface area contributed by atoms with Gasteiger partial charge in [-0.05, 0) is 19.9 Å². The zero-order valence-electron chi connectivity index (χ0n) is 11.8. The molecule has 1 heterocycles. The maximum absolute atomic E-state index is 8.77. The van der Waals surface area contributed by atoms with Gasteiger partial charge in [0.05, 0.1) is 19.3 Å². The molecule has 19 heavy (non-hydrogen) atoms. The van der Waals surface area contributed by atoms with Crippen molar-refractivity contribution in [2.75, 3.05) is 39.8 Å². The molecule has 0 bridgehead atoms. The molecule has 0 aromatic rings. The number of hydrogen-bond donors (Lipinski definition) is 2. The zero-order valence-corrected chi connectivity index (χ0v) is 11.8. The van der Waals surface area contributed by atoms with E-state index in [4.69, 9.17) is 15.7 Å². The molecular formula is C13H26N4O2. The molecule has 1 atom stereocenters. The molecule has 6 heteroatoms. The van der Waals surface area contributed by atoms with Crippen LogP contribution in [0.3, 0.4) is 0 Å². The van der Waals surface area contributed by atoms with Crippen molar-refractivity contribution in [2.45, 2.75) is 37.8 Å². The van der Waals surface area contributed by atoms with Crippen molar-refractivity contribution < 1.29 is 9.94 Å². The fraction of sp³-hybridized carbons (Fsp3) is 0.923. The van der Waals surface area contributed by atoms with Crippen LogP contribution in [0.2, 0.25) is 0 Å². The largest absolute Gasteiger partial charge is 0.409 e. The van der Waals surface area contributed by atoms with E-state index in [-0.39, 0.29) is 11.9 Å². The molecular weight excluding hydrogens is 244 g/mol. The number of nitrogens with two attached hydrogens (primary N) is 1. The fourth-order valence-electron chi connectivity index (χ4n) is 3.09. The molecule has 1 aliphatic heterocycles. The fourth-order valence-corrected chi connectivity index (χ4v) is 3.09. The highest BCUT2D eigenvalue weighted by Gasteiger charge is 2.27. The summed E-state index contributed by atoms with van der Waals surface area (Å²) in [6.07, 6.45) is 5.21. The number of hydrogen-bond acceptors (Lipinski definition) is 5. The molecule has 2 aliphatic rings. The lowest BCUT2D eigenvalue weighted by Gasteiger charge is -2.36. The predicted octanol–water partition coefficient (Wildman–Crippen LogP) is 0.308. The molecule has 2 fully saturated rings. The molecule has 1 aliphatic carbocycles. The average Bonchev–Trinajstić information content (AvgIpc) is 2.91. The standard InChI is InChI=1S/C13H26N4O2/c1-16-6-7-19-12(8-16)9-17(10-13(14)15-18)11-4-2-3-5-11/h11-12,18H,2-10H2,1H3,(H2,14,15). The minimum Gasteiger partial charge on any atom is -0.409 e. The number of rotatable bonds is 5. The Labute approximate surface area is 115 Å². The van der Waals surface area contributed by atoms with Crippen LogP contribution in [0.5, 0.6) is 0 Å². The molecule has 0 spiro atoms. The Bertz CT molecular complexity index is 305. The maximum Gasteiger partial charge on any atom is 0.153 e. The Kier molecular flexibility index (Phi) is 5.42. The Hall–Kier alpha value is -0.850. The Morgan fingerprint density at radius 2 is 2.21 bits per heavy atom. The van der Waals surface area contributed by atoms with E-state index in [0.717, 1.165) is 26.2 Å². The van der Waals surface area contributed by atoms with E-state index >= 15 is 0 Å². The van der Waals surface area contributed by atoms with Crippen LogP contribution in [0.15, 0.2) is 5.16 Å². The normalized spacial score (nSPS) is 27.3. The van der Waals surface area contributed by atoms with E-state index in [0.29, 0.717) is 12.6 Å². The lowest BCUT2D eigenvalue weighted by atomic mass is 10.1. The summed E-state index contributed by atoms with van der Waals surface area (Å²) in [7, 11) is 2.12. The first kappa shape index (κ1) is 14.6. The van der Waals surface area contributed by atoms with Gasteiger partial charge in [0.1, 0.15) is 0 Å². The molecule has 6 nitrogen and oxygen atoms in total.